The summed E-state index contributed by atoms with van der Waals surface area (Å²) in [7, 11) is 1.78. The van der Waals surface area contributed by atoms with Gasteiger partial charge in [-0.05, 0) is 31.5 Å². The van der Waals surface area contributed by atoms with E-state index in [1.165, 1.54) is 6.07 Å². The molecular formula is C14H15FN2O. The Balaban J connectivity index is 2.27. The van der Waals surface area contributed by atoms with E-state index in [-0.39, 0.29) is 17.8 Å². The van der Waals surface area contributed by atoms with E-state index in [1.54, 1.807) is 30.8 Å². The quantitative estimate of drug-likeness (QED) is 0.780. The molecule has 0 unspecified atom stereocenters. The Morgan fingerprint density at radius 3 is 2.72 bits per heavy atom. The second kappa shape index (κ2) is 4.72. The number of ketones is 1. The van der Waals surface area contributed by atoms with Gasteiger partial charge in [0, 0.05) is 12.7 Å². The van der Waals surface area contributed by atoms with Crippen LogP contribution in [0, 0.1) is 19.7 Å². The summed E-state index contributed by atoms with van der Waals surface area (Å²) < 4.78 is 15.5. The van der Waals surface area contributed by atoms with Crippen LogP contribution in [0.2, 0.25) is 0 Å². The van der Waals surface area contributed by atoms with Gasteiger partial charge in [-0.3, -0.25) is 9.48 Å². The minimum Gasteiger partial charge on any atom is -0.294 e. The molecule has 0 amide bonds. The third kappa shape index (κ3) is 2.32. The molecule has 0 bridgehead atoms. The van der Waals surface area contributed by atoms with E-state index in [0.29, 0.717) is 5.56 Å². The number of aryl methyl sites for hydroxylation is 3. The van der Waals surface area contributed by atoms with Crippen LogP contribution in [0.5, 0.6) is 0 Å². The van der Waals surface area contributed by atoms with E-state index in [0.717, 1.165) is 11.4 Å². The lowest BCUT2D eigenvalue weighted by Crippen LogP contribution is -2.10. The highest BCUT2D eigenvalue weighted by Crippen LogP contribution is 2.15. The second-order valence-corrected chi connectivity index (χ2v) is 4.44. The maximum absolute atomic E-state index is 13.8. The minimum atomic E-state index is -0.429. The number of Topliss-reactive ketones (excluding diaryl/α,β-unsaturated/α-hetero) is 1. The highest BCUT2D eigenvalue weighted by molar-refractivity contribution is 5.97. The van der Waals surface area contributed by atoms with Gasteiger partial charge in [0.15, 0.2) is 5.78 Å². The lowest BCUT2D eigenvalue weighted by Gasteiger charge is -2.05. The second-order valence-electron chi connectivity index (χ2n) is 4.44. The number of hydrogen-bond donors (Lipinski definition) is 0. The third-order valence-corrected chi connectivity index (χ3v) is 2.93. The number of aromatic nitrogens is 2. The van der Waals surface area contributed by atoms with Gasteiger partial charge in [-0.1, -0.05) is 12.1 Å². The Bertz CT molecular complexity index is 602. The Hall–Kier alpha value is -1.97. The van der Waals surface area contributed by atoms with Crippen LogP contribution in [-0.4, -0.2) is 15.6 Å². The summed E-state index contributed by atoms with van der Waals surface area (Å²) in [6, 6.07) is 6.71. The van der Waals surface area contributed by atoms with Crippen LogP contribution in [0.25, 0.3) is 0 Å². The summed E-state index contributed by atoms with van der Waals surface area (Å²) in [4.78, 5) is 12.1. The number of carbonyl (C=O) groups excluding carboxylic acids is 1. The molecule has 18 heavy (non-hydrogen) atoms. The molecule has 0 N–H and O–H groups in total. The molecule has 3 nitrogen and oxygen atoms in total. The minimum absolute atomic E-state index is 0.147. The summed E-state index contributed by atoms with van der Waals surface area (Å²) in [6.45, 7) is 3.52. The molecule has 0 aliphatic heterocycles. The highest BCUT2D eigenvalue weighted by Gasteiger charge is 2.15. The zero-order valence-corrected chi connectivity index (χ0v) is 10.7. The van der Waals surface area contributed by atoms with E-state index < -0.39 is 5.82 Å². The van der Waals surface area contributed by atoms with Crippen molar-refractivity contribution in [3.8, 4) is 0 Å². The molecule has 0 saturated carbocycles. The van der Waals surface area contributed by atoms with E-state index in [1.807, 2.05) is 13.0 Å². The van der Waals surface area contributed by atoms with Gasteiger partial charge in [0.1, 0.15) is 5.82 Å². The normalized spacial score (nSPS) is 10.7. The first-order valence-corrected chi connectivity index (χ1v) is 5.77. The number of hydrogen-bond acceptors (Lipinski definition) is 2. The van der Waals surface area contributed by atoms with Crippen molar-refractivity contribution < 1.29 is 9.18 Å². The van der Waals surface area contributed by atoms with Crippen molar-refractivity contribution in [1.29, 1.82) is 0 Å². The van der Waals surface area contributed by atoms with Crippen LogP contribution in [0.1, 0.15) is 27.3 Å². The summed E-state index contributed by atoms with van der Waals surface area (Å²) >= 11 is 0. The van der Waals surface area contributed by atoms with Crippen molar-refractivity contribution in [3.63, 3.8) is 0 Å². The molecule has 1 heterocycles. The smallest absolute Gasteiger partial charge is 0.171 e. The molecule has 0 fully saturated rings. The van der Waals surface area contributed by atoms with Crippen molar-refractivity contribution in [3.05, 3.63) is 52.6 Å². The Kier molecular flexibility index (Phi) is 3.28. The number of nitrogens with zero attached hydrogens (tertiary/aromatic N) is 2. The molecule has 0 spiro atoms. The monoisotopic (exact) mass is 246 g/mol. The zero-order valence-electron chi connectivity index (χ0n) is 10.7. The first kappa shape index (κ1) is 12.5. The van der Waals surface area contributed by atoms with Crippen LogP contribution in [-0.2, 0) is 13.5 Å². The molecule has 94 valence electrons. The Morgan fingerprint density at radius 1 is 1.39 bits per heavy atom. The molecule has 0 radical (unpaired) electrons. The third-order valence-electron chi connectivity index (χ3n) is 2.93. The predicted molar refractivity (Wildman–Crippen MR) is 67.1 cm³/mol. The van der Waals surface area contributed by atoms with Crippen molar-refractivity contribution >= 4 is 5.78 Å². The zero-order chi connectivity index (χ0) is 13.3. The Labute approximate surface area is 105 Å². The van der Waals surface area contributed by atoms with Crippen molar-refractivity contribution in [2.24, 2.45) is 7.05 Å². The van der Waals surface area contributed by atoms with Gasteiger partial charge in [0.2, 0.25) is 0 Å². The van der Waals surface area contributed by atoms with Gasteiger partial charge in [-0.15, -0.1) is 0 Å². The van der Waals surface area contributed by atoms with Crippen LogP contribution >= 0.6 is 0 Å². The highest BCUT2D eigenvalue weighted by atomic mass is 19.1. The largest absolute Gasteiger partial charge is 0.294 e. The molecule has 0 atom stereocenters. The average molecular weight is 246 g/mol. The molecule has 0 saturated heterocycles. The number of carbonyl (C=O) groups is 1. The topological polar surface area (TPSA) is 34.9 Å². The van der Waals surface area contributed by atoms with E-state index >= 15 is 0 Å². The fraction of sp³-hybridized carbons (Fsp3) is 0.286. The van der Waals surface area contributed by atoms with Gasteiger partial charge in [0.05, 0.1) is 17.7 Å². The van der Waals surface area contributed by atoms with Gasteiger partial charge in [0.25, 0.3) is 0 Å². The Morgan fingerprint density at radius 2 is 2.11 bits per heavy atom. The maximum Gasteiger partial charge on any atom is 0.171 e. The lowest BCUT2D eigenvalue weighted by molar-refractivity contribution is 0.0986. The summed E-state index contributed by atoms with van der Waals surface area (Å²) in [6.07, 6.45) is 0.164. The van der Waals surface area contributed by atoms with E-state index in [4.69, 9.17) is 0 Å². The summed E-state index contributed by atoms with van der Waals surface area (Å²) in [5.74, 6) is -0.652. The standard InChI is InChI=1S/C14H15FN2O/c1-9-5-4-6-12(14(9)15)13(18)8-11-7-10(2)16-17(11)3/h4-7H,8H2,1-3H3. The fourth-order valence-corrected chi connectivity index (χ4v) is 1.95. The number of rotatable bonds is 3. The van der Waals surface area contributed by atoms with Crippen LogP contribution < -0.4 is 0 Å². The average Bonchev–Trinajstić information content (AvgIpc) is 2.61. The van der Waals surface area contributed by atoms with Gasteiger partial charge < -0.3 is 0 Å². The molecule has 2 aromatic rings. The summed E-state index contributed by atoms with van der Waals surface area (Å²) in [5, 5.41) is 4.17. The lowest BCUT2D eigenvalue weighted by atomic mass is 10.0. The molecule has 0 aliphatic rings. The SMILES string of the molecule is Cc1cc(CC(=O)c2cccc(C)c2F)n(C)n1. The molecular weight excluding hydrogens is 231 g/mol. The fourth-order valence-electron chi connectivity index (χ4n) is 1.95. The van der Waals surface area contributed by atoms with Crippen LogP contribution in [0.15, 0.2) is 24.3 Å². The predicted octanol–water partition coefficient (Wildman–Crippen LogP) is 2.60. The molecule has 2 rings (SSSR count). The molecule has 1 aromatic heterocycles. The van der Waals surface area contributed by atoms with Crippen molar-refractivity contribution in [2.75, 3.05) is 0 Å². The van der Waals surface area contributed by atoms with Gasteiger partial charge in [-0.25, -0.2) is 4.39 Å². The molecule has 4 heteroatoms. The van der Waals surface area contributed by atoms with Crippen molar-refractivity contribution in [1.82, 2.24) is 9.78 Å². The number of halogens is 1. The maximum atomic E-state index is 13.8. The van der Waals surface area contributed by atoms with E-state index in [9.17, 15) is 9.18 Å². The van der Waals surface area contributed by atoms with Crippen LogP contribution in [0.3, 0.4) is 0 Å². The van der Waals surface area contributed by atoms with Crippen molar-refractivity contribution in [2.45, 2.75) is 20.3 Å². The van der Waals surface area contributed by atoms with Gasteiger partial charge >= 0.3 is 0 Å². The molecule has 0 aliphatic carbocycles. The number of benzene rings is 1. The summed E-state index contributed by atoms with van der Waals surface area (Å²) in [5.41, 5.74) is 2.28. The van der Waals surface area contributed by atoms with Crippen LogP contribution in [0.4, 0.5) is 4.39 Å². The first-order chi connectivity index (χ1) is 8.49. The molecule has 1 aromatic carbocycles. The first-order valence-electron chi connectivity index (χ1n) is 5.77. The van der Waals surface area contributed by atoms with Gasteiger partial charge in [-0.2, -0.15) is 5.10 Å². The van der Waals surface area contributed by atoms with E-state index in [2.05, 4.69) is 5.10 Å².